The highest BCUT2D eigenvalue weighted by atomic mass is 16.4. The first kappa shape index (κ1) is 33.4. The number of fused-ring (bicyclic) bond motifs is 1. The Kier molecular flexibility index (Phi) is 10.8. The summed E-state index contributed by atoms with van der Waals surface area (Å²) >= 11 is 0. The van der Waals surface area contributed by atoms with E-state index in [0.717, 1.165) is 82.5 Å². The van der Waals surface area contributed by atoms with Gasteiger partial charge in [-0.15, -0.1) is 0 Å². The van der Waals surface area contributed by atoms with E-state index in [-0.39, 0.29) is 18.0 Å². The van der Waals surface area contributed by atoms with Gasteiger partial charge in [-0.1, -0.05) is 44.2 Å². The first-order valence-electron chi connectivity index (χ1n) is 18.2. The second-order valence-electron chi connectivity index (χ2n) is 14.8. The molecule has 6 rings (SSSR count). The van der Waals surface area contributed by atoms with Crippen molar-refractivity contribution in [3.8, 4) is 0 Å². The van der Waals surface area contributed by atoms with Gasteiger partial charge in [0.15, 0.2) is 0 Å². The van der Waals surface area contributed by atoms with Crippen molar-refractivity contribution in [3.63, 3.8) is 0 Å². The highest BCUT2D eigenvalue weighted by Gasteiger charge is 2.32. The maximum atomic E-state index is 11.6. The lowest BCUT2D eigenvalue weighted by atomic mass is 9.78. The number of aryl methyl sites for hydroxylation is 1. The number of carboxylic acids is 1. The molecule has 0 amide bonds. The lowest BCUT2D eigenvalue weighted by Crippen LogP contribution is -2.39. The molecule has 4 atom stereocenters. The second-order valence-corrected chi connectivity index (χ2v) is 14.8. The molecule has 254 valence electrons. The highest BCUT2D eigenvalue weighted by molar-refractivity contribution is 5.70. The zero-order chi connectivity index (χ0) is 32.9. The van der Waals surface area contributed by atoms with Gasteiger partial charge in [-0.25, -0.2) is 4.98 Å². The first-order chi connectivity index (χ1) is 22.8. The Labute approximate surface area is 281 Å². The zero-order valence-electron chi connectivity index (χ0n) is 28.9. The minimum atomic E-state index is -0.653. The van der Waals surface area contributed by atoms with E-state index in [0.29, 0.717) is 29.7 Å². The van der Waals surface area contributed by atoms with Crippen molar-refractivity contribution in [2.75, 3.05) is 30.3 Å². The Morgan fingerprint density at radius 2 is 1.83 bits per heavy atom. The molecule has 9 nitrogen and oxygen atoms in total. The van der Waals surface area contributed by atoms with Gasteiger partial charge in [0, 0.05) is 42.5 Å². The molecule has 3 N–H and O–H groups in total. The number of likely N-dealkylation sites (tertiary alicyclic amines) is 1. The number of hydrogen-bond acceptors (Lipinski definition) is 7. The fourth-order valence-electron chi connectivity index (χ4n) is 8.22. The number of nitrogens with zero attached hydrogens (tertiary/aromatic N) is 5. The summed E-state index contributed by atoms with van der Waals surface area (Å²) in [6, 6.07) is 11.4. The van der Waals surface area contributed by atoms with Crippen molar-refractivity contribution in [2.24, 2.45) is 17.8 Å². The molecule has 0 radical (unpaired) electrons. The van der Waals surface area contributed by atoms with Crippen LogP contribution in [0.2, 0.25) is 0 Å². The Morgan fingerprint density at radius 1 is 1.04 bits per heavy atom. The van der Waals surface area contributed by atoms with E-state index in [1.807, 2.05) is 6.20 Å². The van der Waals surface area contributed by atoms with Gasteiger partial charge in [0.1, 0.15) is 5.82 Å². The smallest absolute Gasteiger partial charge is 0.306 e. The van der Waals surface area contributed by atoms with Crippen LogP contribution in [0.5, 0.6) is 0 Å². The van der Waals surface area contributed by atoms with Crippen molar-refractivity contribution in [1.82, 2.24) is 24.6 Å². The van der Waals surface area contributed by atoms with Crippen molar-refractivity contribution >= 4 is 17.7 Å². The Bertz CT molecular complexity index is 1470. The van der Waals surface area contributed by atoms with Gasteiger partial charge in [0.2, 0.25) is 5.95 Å². The maximum Gasteiger partial charge on any atom is 0.306 e. The number of hydrogen-bond donors (Lipinski definition) is 3. The molecule has 0 spiro atoms. The number of carbonyl (C=O) groups is 1. The average molecular weight is 642 g/mol. The molecule has 1 aliphatic heterocycles. The molecule has 0 unspecified atom stereocenters. The van der Waals surface area contributed by atoms with Crippen LogP contribution in [0.3, 0.4) is 0 Å². The topological polar surface area (TPSA) is 108 Å². The summed E-state index contributed by atoms with van der Waals surface area (Å²) in [6.07, 6.45) is 14.0. The van der Waals surface area contributed by atoms with Crippen molar-refractivity contribution in [1.29, 1.82) is 0 Å². The normalized spacial score (nSPS) is 24.8. The largest absolute Gasteiger partial charge is 0.481 e. The molecule has 47 heavy (non-hydrogen) atoms. The lowest BCUT2D eigenvalue weighted by molar-refractivity contribution is -0.143. The maximum absolute atomic E-state index is 11.6. The van der Waals surface area contributed by atoms with E-state index < -0.39 is 5.97 Å². The van der Waals surface area contributed by atoms with Crippen molar-refractivity contribution in [3.05, 3.63) is 65.1 Å². The molecule has 0 bridgehead atoms. The summed E-state index contributed by atoms with van der Waals surface area (Å²) in [4.78, 5) is 24.7. The quantitative estimate of drug-likeness (QED) is 0.187. The summed E-state index contributed by atoms with van der Waals surface area (Å²) in [5.41, 5.74) is 4.95. The number of piperidine rings is 1. The fraction of sp³-hybridized carbons (Fsp3) is 0.632. The third-order valence-electron chi connectivity index (χ3n) is 11.0. The average Bonchev–Trinajstić information content (AvgIpc) is 3.58. The molecule has 9 heteroatoms. The highest BCUT2D eigenvalue weighted by Crippen LogP contribution is 2.38. The van der Waals surface area contributed by atoms with E-state index in [1.54, 1.807) is 0 Å². The Hall–Kier alpha value is -3.46. The van der Waals surface area contributed by atoms with Crippen molar-refractivity contribution < 1.29 is 9.90 Å². The van der Waals surface area contributed by atoms with Crippen LogP contribution in [-0.4, -0.2) is 61.4 Å². The molecule has 3 aromatic rings. The molecule has 3 heterocycles. The summed E-state index contributed by atoms with van der Waals surface area (Å²) in [5.74, 6) is 2.33. The molecular weight excluding hydrogens is 586 g/mol. The molecule has 2 aliphatic carbocycles. The summed E-state index contributed by atoms with van der Waals surface area (Å²) in [6.45, 7) is 12.1. The SMILES string of the molecule is CC[C@@H](Nc1nc2c(c(N[C@@H](CN3CCC[C@H](C)C3)c3cnn(C(C)C)c3)n1)C[C@H](c1ccccc1)CC2)C1CCC(C(=O)O)CC1. The van der Waals surface area contributed by atoms with Gasteiger partial charge in [-0.05, 0) is 108 Å². The Morgan fingerprint density at radius 3 is 2.51 bits per heavy atom. The van der Waals surface area contributed by atoms with E-state index in [1.165, 1.54) is 29.5 Å². The number of benzene rings is 1. The van der Waals surface area contributed by atoms with Crippen LogP contribution in [0.25, 0.3) is 0 Å². The molecule has 2 fully saturated rings. The van der Waals surface area contributed by atoms with Crippen LogP contribution in [0, 0.1) is 17.8 Å². The minimum Gasteiger partial charge on any atom is -0.481 e. The Balaban J connectivity index is 1.31. The van der Waals surface area contributed by atoms with Crippen LogP contribution in [0.1, 0.15) is 119 Å². The van der Waals surface area contributed by atoms with Gasteiger partial charge in [-0.3, -0.25) is 9.48 Å². The predicted octanol–water partition coefficient (Wildman–Crippen LogP) is 7.49. The molecule has 1 saturated carbocycles. The number of rotatable bonds is 12. The predicted molar refractivity (Wildman–Crippen MR) is 188 cm³/mol. The number of anilines is 2. The number of aromatic nitrogens is 4. The van der Waals surface area contributed by atoms with Gasteiger partial charge in [0.05, 0.1) is 23.9 Å². The van der Waals surface area contributed by atoms with Gasteiger partial charge in [0.25, 0.3) is 0 Å². The van der Waals surface area contributed by atoms with Gasteiger partial charge < -0.3 is 20.6 Å². The summed E-state index contributed by atoms with van der Waals surface area (Å²) in [5, 5.41) is 22.0. The lowest BCUT2D eigenvalue weighted by Gasteiger charge is -2.35. The number of nitrogens with one attached hydrogen (secondary N) is 2. The molecule has 2 aromatic heterocycles. The molecule has 1 saturated heterocycles. The summed E-state index contributed by atoms with van der Waals surface area (Å²) in [7, 11) is 0. The minimum absolute atomic E-state index is 0.0463. The molecule has 3 aliphatic rings. The van der Waals surface area contributed by atoms with Crippen molar-refractivity contribution in [2.45, 2.75) is 116 Å². The van der Waals surface area contributed by atoms with Gasteiger partial charge in [-0.2, -0.15) is 10.1 Å². The van der Waals surface area contributed by atoms with Crippen LogP contribution < -0.4 is 10.6 Å². The van der Waals surface area contributed by atoms with E-state index in [9.17, 15) is 9.90 Å². The monoisotopic (exact) mass is 641 g/mol. The number of aliphatic carboxylic acids is 1. The first-order valence-corrected chi connectivity index (χ1v) is 18.2. The fourth-order valence-corrected chi connectivity index (χ4v) is 8.22. The molecular formula is C38H55N7O2. The third kappa shape index (κ3) is 8.16. The van der Waals surface area contributed by atoms with Crippen LogP contribution in [0.15, 0.2) is 42.7 Å². The zero-order valence-corrected chi connectivity index (χ0v) is 28.9. The van der Waals surface area contributed by atoms with E-state index in [4.69, 9.17) is 15.1 Å². The van der Waals surface area contributed by atoms with Crippen LogP contribution in [-0.2, 0) is 17.6 Å². The standard InChI is InChI=1S/C38H55N7O2/c1-5-33(28-13-15-29(16-14-28)37(46)47)41-38-42-34-18-17-30(27-11-7-6-8-12-27)20-32(34)36(43-38)40-35(24-44-19-9-10-26(4)22-44)31-21-39-45(23-31)25(2)3/h6-8,11-12,21,23,25-26,28-30,33,35H,5,9-10,13-20,22,24H2,1-4H3,(H,46,47)(H2,40,41,42,43)/t26-,28?,29?,30+,33+,35-/m0/s1. The van der Waals surface area contributed by atoms with E-state index in [2.05, 4.69) is 84.4 Å². The summed E-state index contributed by atoms with van der Waals surface area (Å²) < 4.78 is 2.06. The van der Waals surface area contributed by atoms with Gasteiger partial charge >= 0.3 is 5.97 Å². The van der Waals surface area contributed by atoms with E-state index >= 15 is 0 Å². The molecule has 1 aromatic carbocycles. The second kappa shape index (κ2) is 15.2. The van der Waals surface area contributed by atoms with Crippen LogP contribution >= 0.6 is 0 Å². The third-order valence-corrected chi connectivity index (χ3v) is 11.0. The van der Waals surface area contributed by atoms with Crippen LogP contribution in [0.4, 0.5) is 11.8 Å². The number of carboxylic acid groups (broad SMARTS) is 1.